The highest BCUT2D eigenvalue weighted by molar-refractivity contribution is 5.25. The molecule has 0 nitrogen and oxygen atoms in total. The van der Waals surface area contributed by atoms with E-state index in [4.69, 9.17) is 0 Å². The molecule has 1 aliphatic rings. The quantitative estimate of drug-likeness (QED) is 0.583. The first-order valence-corrected chi connectivity index (χ1v) is 5.93. The Hall–Kier alpha value is -0.780. The minimum atomic E-state index is 0. The van der Waals surface area contributed by atoms with E-state index >= 15 is 0 Å². The molecule has 0 amide bonds. The van der Waals surface area contributed by atoms with Crippen molar-refractivity contribution in [3.63, 3.8) is 0 Å². The van der Waals surface area contributed by atoms with Gasteiger partial charge in [0.1, 0.15) is 0 Å². The summed E-state index contributed by atoms with van der Waals surface area (Å²) in [4.78, 5) is 0. The second-order valence-corrected chi connectivity index (χ2v) is 3.90. The third-order valence-electron chi connectivity index (χ3n) is 2.87. The molecule has 1 fully saturated rings. The van der Waals surface area contributed by atoms with Crippen molar-refractivity contribution in [1.82, 2.24) is 0 Å². The van der Waals surface area contributed by atoms with Gasteiger partial charge in [0, 0.05) is 0 Å². The highest BCUT2D eigenvalue weighted by Crippen LogP contribution is 2.33. The SMILES string of the molecule is C.CC.Cc1cccc(C2CCCC2)c1. The minimum Gasteiger partial charge on any atom is -0.0776 e. The number of rotatable bonds is 1. The van der Waals surface area contributed by atoms with Crippen LogP contribution < -0.4 is 0 Å². The average molecular weight is 206 g/mol. The van der Waals surface area contributed by atoms with Crippen LogP contribution in [-0.2, 0) is 0 Å². The maximum Gasteiger partial charge on any atom is -0.0162 e. The van der Waals surface area contributed by atoms with Gasteiger partial charge in [0.2, 0.25) is 0 Å². The third kappa shape index (κ3) is 4.07. The van der Waals surface area contributed by atoms with E-state index in [0.717, 1.165) is 5.92 Å². The lowest BCUT2D eigenvalue weighted by molar-refractivity contribution is 0.722. The van der Waals surface area contributed by atoms with Crippen molar-refractivity contribution in [1.29, 1.82) is 0 Å². The van der Waals surface area contributed by atoms with Gasteiger partial charge in [0.05, 0.1) is 0 Å². The monoisotopic (exact) mass is 206 g/mol. The topological polar surface area (TPSA) is 0 Å². The van der Waals surface area contributed by atoms with Gasteiger partial charge < -0.3 is 0 Å². The molecule has 0 aliphatic heterocycles. The first-order chi connectivity index (χ1) is 6.86. The number of aryl methyl sites for hydroxylation is 1. The smallest absolute Gasteiger partial charge is 0.0162 e. The molecule has 0 heteroatoms. The molecule has 0 N–H and O–H groups in total. The molecule has 0 radical (unpaired) electrons. The maximum atomic E-state index is 2.34. The van der Waals surface area contributed by atoms with Crippen molar-refractivity contribution in [3.05, 3.63) is 35.4 Å². The molecule has 1 aliphatic carbocycles. The summed E-state index contributed by atoms with van der Waals surface area (Å²) in [5, 5.41) is 0. The maximum absolute atomic E-state index is 2.34. The Morgan fingerprint density at radius 1 is 1.07 bits per heavy atom. The van der Waals surface area contributed by atoms with Crippen molar-refractivity contribution in [2.24, 2.45) is 0 Å². The number of hydrogen-bond acceptors (Lipinski definition) is 0. The molecule has 2 rings (SSSR count). The average Bonchev–Trinajstić information content (AvgIpc) is 2.74. The third-order valence-corrected chi connectivity index (χ3v) is 2.87. The molecule has 0 saturated heterocycles. The summed E-state index contributed by atoms with van der Waals surface area (Å²) < 4.78 is 0. The fraction of sp³-hybridized carbons (Fsp3) is 0.600. The highest BCUT2D eigenvalue weighted by atomic mass is 14.2. The molecule has 0 aromatic heterocycles. The van der Waals surface area contributed by atoms with Gasteiger partial charge in [-0.3, -0.25) is 0 Å². The van der Waals surface area contributed by atoms with Gasteiger partial charge in [-0.25, -0.2) is 0 Å². The van der Waals surface area contributed by atoms with E-state index < -0.39 is 0 Å². The van der Waals surface area contributed by atoms with Crippen LogP contribution >= 0.6 is 0 Å². The Morgan fingerprint density at radius 3 is 2.20 bits per heavy atom. The van der Waals surface area contributed by atoms with Gasteiger partial charge >= 0.3 is 0 Å². The van der Waals surface area contributed by atoms with E-state index in [0.29, 0.717) is 0 Å². The molecule has 0 heterocycles. The van der Waals surface area contributed by atoms with E-state index in [1.165, 1.54) is 31.2 Å². The molecule has 1 saturated carbocycles. The van der Waals surface area contributed by atoms with Gasteiger partial charge in [-0.05, 0) is 31.2 Å². The molecule has 1 aromatic rings. The van der Waals surface area contributed by atoms with Gasteiger partial charge in [-0.1, -0.05) is 63.9 Å². The summed E-state index contributed by atoms with van der Waals surface area (Å²) in [5.74, 6) is 0.866. The van der Waals surface area contributed by atoms with Crippen molar-refractivity contribution < 1.29 is 0 Å². The molecule has 0 bridgehead atoms. The fourth-order valence-corrected chi connectivity index (χ4v) is 2.18. The van der Waals surface area contributed by atoms with Crippen molar-refractivity contribution >= 4 is 0 Å². The van der Waals surface area contributed by atoms with Crippen LogP contribution in [0.25, 0.3) is 0 Å². The minimum absolute atomic E-state index is 0. The van der Waals surface area contributed by atoms with Crippen molar-refractivity contribution in [3.8, 4) is 0 Å². The molecule has 0 unspecified atom stereocenters. The summed E-state index contributed by atoms with van der Waals surface area (Å²) in [6.07, 6.45) is 5.67. The van der Waals surface area contributed by atoms with Crippen LogP contribution in [0.5, 0.6) is 0 Å². The molecule has 86 valence electrons. The lowest BCUT2D eigenvalue weighted by atomic mass is 9.96. The normalized spacial score (nSPS) is 15.1. The largest absolute Gasteiger partial charge is 0.0776 e. The summed E-state index contributed by atoms with van der Waals surface area (Å²) >= 11 is 0. The Kier molecular flexibility index (Phi) is 7.11. The summed E-state index contributed by atoms with van der Waals surface area (Å²) in [6, 6.07) is 8.99. The van der Waals surface area contributed by atoms with E-state index in [1.54, 1.807) is 5.56 Å². The van der Waals surface area contributed by atoms with Gasteiger partial charge in [0.25, 0.3) is 0 Å². The second-order valence-electron chi connectivity index (χ2n) is 3.90. The highest BCUT2D eigenvalue weighted by Gasteiger charge is 2.16. The van der Waals surface area contributed by atoms with Crippen molar-refractivity contribution in [2.75, 3.05) is 0 Å². The molecular weight excluding hydrogens is 180 g/mol. The van der Waals surface area contributed by atoms with Crippen molar-refractivity contribution in [2.45, 2.75) is 59.8 Å². The van der Waals surface area contributed by atoms with E-state index in [9.17, 15) is 0 Å². The predicted octanol–water partition coefficient (Wildman–Crippen LogP) is 5.31. The Bertz CT molecular complexity index is 256. The lowest BCUT2D eigenvalue weighted by Gasteiger charge is -2.09. The zero-order chi connectivity index (χ0) is 10.4. The molecule has 0 spiro atoms. The van der Waals surface area contributed by atoms with Crippen LogP contribution in [0, 0.1) is 6.92 Å². The Labute approximate surface area is 95.7 Å². The van der Waals surface area contributed by atoms with Crippen LogP contribution in [-0.4, -0.2) is 0 Å². The molecular formula is C15H26. The zero-order valence-electron chi connectivity index (χ0n) is 9.72. The number of benzene rings is 1. The van der Waals surface area contributed by atoms with Gasteiger partial charge in [0.15, 0.2) is 0 Å². The molecule has 1 aromatic carbocycles. The number of hydrogen-bond donors (Lipinski definition) is 0. The van der Waals surface area contributed by atoms with Crippen LogP contribution in [0.1, 0.15) is 64.0 Å². The molecule has 0 atom stereocenters. The van der Waals surface area contributed by atoms with E-state index in [2.05, 4.69) is 31.2 Å². The first-order valence-electron chi connectivity index (χ1n) is 5.93. The van der Waals surface area contributed by atoms with Gasteiger partial charge in [-0.15, -0.1) is 0 Å². The zero-order valence-corrected chi connectivity index (χ0v) is 9.72. The molecule has 15 heavy (non-hydrogen) atoms. The predicted molar refractivity (Wildman–Crippen MR) is 70.5 cm³/mol. The lowest BCUT2D eigenvalue weighted by Crippen LogP contribution is -1.91. The first kappa shape index (κ1) is 14.2. The van der Waals surface area contributed by atoms with Crippen LogP contribution in [0.15, 0.2) is 24.3 Å². The summed E-state index contributed by atoms with van der Waals surface area (Å²) in [5.41, 5.74) is 2.96. The Morgan fingerprint density at radius 2 is 1.67 bits per heavy atom. The van der Waals surface area contributed by atoms with E-state index in [1.807, 2.05) is 13.8 Å². The summed E-state index contributed by atoms with van der Waals surface area (Å²) in [6.45, 7) is 6.18. The van der Waals surface area contributed by atoms with Crippen LogP contribution in [0.4, 0.5) is 0 Å². The Balaban J connectivity index is 0.000000617. The summed E-state index contributed by atoms with van der Waals surface area (Å²) in [7, 11) is 0. The second kappa shape index (κ2) is 7.50. The van der Waals surface area contributed by atoms with Crippen LogP contribution in [0.3, 0.4) is 0 Å². The van der Waals surface area contributed by atoms with E-state index in [-0.39, 0.29) is 7.43 Å². The standard InChI is InChI=1S/C12H16.C2H6.CH4/c1-10-5-4-8-12(9-10)11-6-2-3-7-11;1-2;/h4-5,8-9,11H,2-3,6-7H2,1H3;1-2H3;1H4. The fourth-order valence-electron chi connectivity index (χ4n) is 2.18. The van der Waals surface area contributed by atoms with Crippen LogP contribution in [0.2, 0.25) is 0 Å². The van der Waals surface area contributed by atoms with Gasteiger partial charge in [-0.2, -0.15) is 0 Å².